The van der Waals surface area contributed by atoms with Crippen LogP contribution in [0, 0.1) is 0 Å². The zero-order valence-corrected chi connectivity index (χ0v) is 13.9. The van der Waals surface area contributed by atoms with E-state index in [0.29, 0.717) is 24.1 Å². The molecule has 19 heavy (non-hydrogen) atoms. The first kappa shape index (κ1) is 15.5. The molecule has 0 spiro atoms. The van der Waals surface area contributed by atoms with Gasteiger partial charge in [-0.3, -0.25) is 0 Å². The fraction of sp³-hybridized carbons (Fsp3) is 0.455. The van der Waals surface area contributed by atoms with E-state index in [9.17, 15) is 8.42 Å². The summed E-state index contributed by atoms with van der Waals surface area (Å²) in [6.07, 6.45) is 0.769. The van der Waals surface area contributed by atoms with E-state index in [2.05, 4.69) is 21.2 Å². The zero-order chi connectivity index (χ0) is 14.0. The Balaban J connectivity index is 2.44. The maximum atomic E-state index is 12.6. The maximum Gasteiger partial charge on any atom is 0.246 e. The Bertz CT molecular complexity index is 549. The van der Waals surface area contributed by atoms with Crippen LogP contribution in [0.1, 0.15) is 6.42 Å². The van der Waals surface area contributed by atoms with Gasteiger partial charge in [0.1, 0.15) is 4.90 Å². The van der Waals surface area contributed by atoms with Gasteiger partial charge >= 0.3 is 0 Å². The Labute approximate surface area is 131 Å². The fourth-order valence-electron chi connectivity index (χ4n) is 1.97. The van der Waals surface area contributed by atoms with Gasteiger partial charge in [0.25, 0.3) is 0 Å². The minimum Gasteiger partial charge on any atom is -0.315 e. The van der Waals surface area contributed by atoms with Crippen LogP contribution in [0.4, 0.5) is 0 Å². The highest BCUT2D eigenvalue weighted by Crippen LogP contribution is 2.34. The Morgan fingerprint density at radius 1 is 1.16 bits per heavy atom. The normalized spacial score (nSPS) is 18.3. The summed E-state index contributed by atoms with van der Waals surface area (Å²) >= 11 is 15.3. The first-order chi connectivity index (χ1) is 8.93. The summed E-state index contributed by atoms with van der Waals surface area (Å²) in [7, 11) is -3.65. The van der Waals surface area contributed by atoms with Crippen molar-refractivity contribution < 1.29 is 8.42 Å². The van der Waals surface area contributed by atoms with E-state index in [-0.39, 0.29) is 14.9 Å². The van der Waals surface area contributed by atoms with Gasteiger partial charge in [0, 0.05) is 24.1 Å². The Morgan fingerprint density at radius 2 is 1.79 bits per heavy atom. The molecule has 1 saturated heterocycles. The molecule has 0 saturated carbocycles. The highest BCUT2D eigenvalue weighted by Gasteiger charge is 2.29. The molecule has 106 valence electrons. The Kier molecular flexibility index (Phi) is 5.14. The quantitative estimate of drug-likeness (QED) is 0.848. The van der Waals surface area contributed by atoms with Crippen molar-refractivity contribution in [2.75, 3.05) is 26.2 Å². The van der Waals surface area contributed by atoms with Crippen molar-refractivity contribution >= 4 is 49.2 Å². The maximum absolute atomic E-state index is 12.6. The molecular weight excluding hydrogens is 375 g/mol. The molecule has 1 heterocycles. The van der Waals surface area contributed by atoms with E-state index in [4.69, 9.17) is 23.2 Å². The van der Waals surface area contributed by atoms with Gasteiger partial charge in [-0.25, -0.2) is 8.42 Å². The van der Waals surface area contributed by atoms with Crippen LogP contribution in [-0.4, -0.2) is 38.9 Å². The molecular formula is C11H13BrCl2N2O2S. The summed E-state index contributed by atoms with van der Waals surface area (Å²) in [5, 5.41) is 3.43. The second-order valence-electron chi connectivity index (χ2n) is 4.21. The van der Waals surface area contributed by atoms with E-state index in [1.54, 1.807) is 0 Å². The minimum atomic E-state index is -3.65. The van der Waals surface area contributed by atoms with Gasteiger partial charge in [-0.15, -0.1) is 0 Å². The molecule has 0 aliphatic carbocycles. The topological polar surface area (TPSA) is 49.4 Å². The van der Waals surface area contributed by atoms with Gasteiger partial charge in [0.15, 0.2) is 0 Å². The molecule has 0 amide bonds. The number of hydrogen-bond donors (Lipinski definition) is 1. The molecule has 4 nitrogen and oxygen atoms in total. The number of rotatable bonds is 2. The predicted octanol–water partition coefficient (Wildman–Crippen LogP) is 2.74. The van der Waals surface area contributed by atoms with Crippen molar-refractivity contribution in [3.63, 3.8) is 0 Å². The number of halogens is 3. The Morgan fingerprint density at radius 3 is 2.42 bits per heavy atom. The largest absolute Gasteiger partial charge is 0.315 e. The standard InChI is InChI=1S/C11H13BrCl2N2O2S/c12-8-6-9(13)11(10(14)7-8)19(17,18)16-4-1-2-15-3-5-16/h6-7,15H,1-5H2. The third-order valence-corrected chi connectivity index (χ3v) is 6.14. The molecule has 1 aromatic rings. The summed E-state index contributed by atoms with van der Waals surface area (Å²) in [5.74, 6) is 0. The molecule has 0 radical (unpaired) electrons. The molecule has 0 atom stereocenters. The lowest BCUT2D eigenvalue weighted by atomic mass is 10.4. The van der Waals surface area contributed by atoms with E-state index in [1.807, 2.05) is 0 Å². The molecule has 1 aliphatic heterocycles. The molecule has 0 aromatic heterocycles. The average molecular weight is 388 g/mol. The van der Waals surface area contributed by atoms with Crippen LogP contribution < -0.4 is 5.32 Å². The lowest BCUT2D eigenvalue weighted by Gasteiger charge is -2.21. The van der Waals surface area contributed by atoms with Gasteiger partial charge in [-0.1, -0.05) is 39.1 Å². The van der Waals surface area contributed by atoms with Crippen LogP contribution in [0.2, 0.25) is 10.0 Å². The second-order valence-corrected chi connectivity index (χ2v) is 7.81. The highest BCUT2D eigenvalue weighted by atomic mass is 79.9. The molecule has 1 aliphatic rings. The summed E-state index contributed by atoms with van der Waals surface area (Å²) in [6.45, 7) is 2.34. The third-order valence-electron chi connectivity index (χ3n) is 2.86. The molecule has 8 heteroatoms. The first-order valence-electron chi connectivity index (χ1n) is 5.78. The number of nitrogens with one attached hydrogen (secondary N) is 1. The molecule has 1 N–H and O–H groups in total. The number of nitrogens with zero attached hydrogens (tertiary/aromatic N) is 1. The van der Waals surface area contributed by atoms with Crippen LogP contribution in [-0.2, 0) is 10.0 Å². The van der Waals surface area contributed by atoms with Crippen molar-refractivity contribution in [3.05, 3.63) is 26.7 Å². The lowest BCUT2D eigenvalue weighted by Crippen LogP contribution is -2.34. The monoisotopic (exact) mass is 386 g/mol. The van der Waals surface area contributed by atoms with Gasteiger partial charge in [0.05, 0.1) is 10.0 Å². The van der Waals surface area contributed by atoms with Gasteiger partial charge in [-0.05, 0) is 25.1 Å². The predicted molar refractivity (Wildman–Crippen MR) is 80.4 cm³/mol. The summed E-state index contributed by atoms with van der Waals surface area (Å²) < 4.78 is 27.3. The number of benzene rings is 1. The van der Waals surface area contributed by atoms with E-state index in [0.717, 1.165) is 13.0 Å². The minimum absolute atomic E-state index is 0.0130. The number of sulfonamides is 1. The lowest BCUT2D eigenvalue weighted by molar-refractivity contribution is 0.432. The van der Waals surface area contributed by atoms with Crippen molar-refractivity contribution in [2.45, 2.75) is 11.3 Å². The van der Waals surface area contributed by atoms with Crippen LogP contribution >= 0.6 is 39.1 Å². The number of hydrogen-bond acceptors (Lipinski definition) is 3. The van der Waals surface area contributed by atoms with Crippen LogP contribution in [0.15, 0.2) is 21.5 Å². The first-order valence-corrected chi connectivity index (χ1v) is 8.77. The van der Waals surface area contributed by atoms with Crippen LogP contribution in [0.25, 0.3) is 0 Å². The molecule has 1 aromatic carbocycles. The van der Waals surface area contributed by atoms with Crippen molar-refractivity contribution in [2.24, 2.45) is 0 Å². The zero-order valence-electron chi connectivity index (χ0n) is 10.00. The summed E-state index contributed by atoms with van der Waals surface area (Å²) in [5.41, 5.74) is 0. The summed E-state index contributed by atoms with van der Waals surface area (Å²) in [6, 6.07) is 3.08. The van der Waals surface area contributed by atoms with E-state index < -0.39 is 10.0 Å². The third kappa shape index (κ3) is 3.43. The van der Waals surface area contributed by atoms with Crippen molar-refractivity contribution in [3.8, 4) is 0 Å². The SMILES string of the molecule is O=S(=O)(c1c(Cl)cc(Br)cc1Cl)N1CCCNCC1. The molecule has 0 bridgehead atoms. The van der Waals surface area contributed by atoms with Crippen LogP contribution in [0.5, 0.6) is 0 Å². The fourth-order valence-corrected chi connectivity index (χ4v) is 5.33. The van der Waals surface area contributed by atoms with E-state index >= 15 is 0 Å². The smallest absolute Gasteiger partial charge is 0.246 e. The van der Waals surface area contributed by atoms with E-state index in [1.165, 1.54) is 16.4 Å². The van der Waals surface area contributed by atoms with Gasteiger partial charge in [0.2, 0.25) is 10.0 Å². The second kappa shape index (κ2) is 6.28. The molecule has 2 rings (SSSR count). The average Bonchev–Trinajstić information content (AvgIpc) is 2.55. The summed E-state index contributed by atoms with van der Waals surface area (Å²) in [4.78, 5) is -0.0130. The van der Waals surface area contributed by atoms with Gasteiger partial charge in [-0.2, -0.15) is 4.31 Å². The molecule has 1 fully saturated rings. The van der Waals surface area contributed by atoms with Crippen molar-refractivity contribution in [1.29, 1.82) is 0 Å². The van der Waals surface area contributed by atoms with Gasteiger partial charge < -0.3 is 5.32 Å². The van der Waals surface area contributed by atoms with Crippen molar-refractivity contribution in [1.82, 2.24) is 9.62 Å². The van der Waals surface area contributed by atoms with Crippen LogP contribution in [0.3, 0.4) is 0 Å². The highest BCUT2D eigenvalue weighted by molar-refractivity contribution is 9.10. The Hall–Kier alpha value is 0.150. The molecule has 0 unspecified atom stereocenters.